The fourth-order valence-corrected chi connectivity index (χ4v) is 4.65. The van der Waals surface area contributed by atoms with Gasteiger partial charge in [-0.05, 0) is 64.7 Å². The first-order chi connectivity index (χ1) is 15.2. The number of likely N-dealkylation sites (tertiary alicyclic amines) is 1. The smallest absolute Gasteiger partial charge is 0.410 e. The molecule has 2 aliphatic heterocycles. The number of carbonyl (C=O) groups excluding carboxylic acids is 1. The number of hydrogen-bond acceptors (Lipinski definition) is 7. The Hall–Kier alpha value is -2.23. The van der Waals surface area contributed by atoms with E-state index in [1.165, 1.54) is 11.8 Å². The Kier molecular flexibility index (Phi) is 8.08. The van der Waals surface area contributed by atoms with Gasteiger partial charge in [-0.15, -0.1) is 0 Å². The highest BCUT2D eigenvalue weighted by Gasteiger charge is 2.33. The molecule has 0 aliphatic carbocycles. The van der Waals surface area contributed by atoms with Crippen LogP contribution in [-0.2, 0) is 4.74 Å². The summed E-state index contributed by atoms with van der Waals surface area (Å²) in [5.41, 5.74) is -0.508. The summed E-state index contributed by atoms with van der Waals surface area (Å²) in [6.07, 6.45) is 5.73. The molecule has 0 unspecified atom stereocenters. The number of anilines is 1. The highest BCUT2D eigenvalue weighted by Crippen LogP contribution is 2.26. The van der Waals surface area contributed by atoms with E-state index >= 15 is 0 Å². The predicted molar refractivity (Wildman–Crippen MR) is 124 cm³/mol. The Balaban J connectivity index is 1.50. The van der Waals surface area contributed by atoms with E-state index in [1.807, 2.05) is 33.1 Å². The monoisotopic (exact) mass is 465 g/mol. The second-order valence-electron chi connectivity index (χ2n) is 9.47. The first kappa shape index (κ1) is 24.4. The largest absolute Gasteiger partial charge is 0.465 e. The van der Waals surface area contributed by atoms with E-state index in [1.54, 1.807) is 16.0 Å². The summed E-state index contributed by atoms with van der Waals surface area (Å²) in [5, 5.41) is 10.6. The van der Waals surface area contributed by atoms with E-state index in [-0.39, 0.29) is 18.1 Å². The van der Waals surface area contributed by atoms with Crippen LogP contribution in [0.3, 0.4) is 0 Å². The summed E-state index contributed by atoms with van der Waals surface area (Å²) in [6, 6.07) is 1.92. The van der Waals surface area contributed by atoms with Gasteiger partial charge in [0.1, 0.15) is 11.4 Å². The molecule has 9 nitrogen and oxygen atoms in total. The van der Waals surface area contributed by atoms with Crippen molar-refractivity contribution in [2.45, 2.75) is 63.3 Å². The van der Waals surface area contributed by atoms with Gasteiger partial charge in [0.05, 0.1) is 0 Å². The molecule has 2 amide bonds. The van der Waals surface area contributed by atoms with Gasteiger partial charge >= 0.3 is 12.2 Å². The van der Waals surface area contributed by atoms with Gasteiger partial charge in [0, 0.05) is 45.0 Å². The van der Waals surface area contributed by atoms with Crippen LogP contribution in [0.1, 0.15) is 46.5 Å². The van der Waals surface area contributed by atoms with Crippen molar-refractivity contribution in [1.29, 1.82) is 0 Å². The van der Waals surface area contributed by atoms with Crippen LogP contribution in [0.2, 0.25) is 0 Å². The topological polar surface area (TPSA) is 99.1 Å². The SMILES string of the molecule is CSc1nccc(N2CCC(N(CC3CCN(C(=O)OC(C)(C)C)CC3)C(=O)O)CC2)n1. The van der Waals surface area contributed by atoms with Crippen molar-refractivity contribution in [3.63, 3.8) is 0 Å². The molecule has 0 radical (unpaired) electrons. The van der Waals surface area contributed by atoms with Gasteiger partial charge in [-0.25, -0.2) is 19.6 Å². The summed E-state index contributed by atoms with van der Waals surface area (Å²) in [4.78, 5) is 38.7. The average Bonchev–Trinajstić information content (AvgIpc) is 2.76. The summed E-state index contributed by atoms with van der Waals surface area (Å²) < 4.78 is 5.46. The minimum Gasteiger partial charge on any atom is -0.465 e. The van der Waals surface area contributed by atoms with Crippen LogP contribution in [0.15, 0.2) is 17.4 Å². The van der Waals surface area contributed by atoms with Gasteiger partial charge in [-0.2, -0.15) is 0 Å². The van der Waals surface area contributed by atoms with Crippen LogP contribution in [0.4, 0.5) is 15.4 Å². The molecule has 0 bridgehead atoms. The summed E-state index contributed by atoms with van der Waals surface area (Å²) >= 11 is 1.51. The predicted octanol–water partition coefficient (Wildman–Crippen LogP) is 3.79. The molecule has 0 saturated carbocycles. The minimum absolute atomic E-state index is 0.00879. The lowest BCUT2D eigenvalue weighted by Gasteiger charge is -2.40. The zero-order chi connectivity index (χ0) is 23.3. The number of carboxylic acid groups (broad SMARTS) is 1. The number of ether oxygens (including phenoxy) is 1. The second-order valence-corrected chi connectivity index (χ2v) is 10.2. The maximum atomic E-state index is 12.3. The van der Waals surface area contributed by atoms with E-state index in [2.05, 4.69) is 14.9 Å². The van der Waals surface area contributed by atoms with E-state index in [9.17, 15) is 14.7 Å². The molecule has 32 heavy (non-hydrogen) atoms. The maximum absolute atomic E-state index is 12.3. The molecule has 3 heterocycles. The summed E-state index contributed by atoms with van der Waals surface area (Å²) in [5.74, 6) is 1.16. The lowest BCUT2D eigenvalue weighted by atomic mass is 9.94. The standard InChI is InChI=1S/C22H35N5O4S/c1-22(2,3)31-21(30)26-11-6-16(7-12-26)15-27(20(28)29)17-8-13-25(14-9-17)18-5-10-23-19(24-18)32-4/h5,10,16-17H,6-9,11-15H2,1-4H3,(H,28,29). The number of amides is 2. The maximum Gasteiger partial charge on any atom is 0.410 e. The average molecular weight is 466 g/mol. The van der Waals surface area contributed by atoms with E-state index < -0.39 is 11.7 Å². The van der Waals surface area contributed by atoms with Crippen molar-refractivity contribution in [1.82, 2.24) is 19.8 Å². The van der Waals surface area contributed by atoms with Crippen LogP contribution in [-0.4, -0.2) is 87.7 Å². The van der Waals surface area contributed by atoms with Gasteiger partial charge in [-0.3, -0.25) is 0 Å². The highest BCUT2D eigenvalue weighted by atomic mass is 32.2. The van der Waals surface area contributed by atoms with Gasteiger partial charge in [0.15, 0.2) is 5.16 Å². The van der Waals surface area contributed by atoms with Crippen molar-refractivity contribution < 1.29 is 19.4 Å². The molecule has 1 N–H and O–H groups in total. The Morgan fingerprint density at radius 1 is 1.19 bits per heavy atom. The third-order valence-electron chi connectivity index (χ3n) is 6.00. The minimum atomic E-state index is -0.857. The molecule has 2 aliphatic rings. The normalized spacial score (nSPS) is 18.5. The van der Waals surface area contributed by atoms with Crippen LogP contribution >= 0.6 is 11.8 Å². The third kappa shape index (κ3) is 6.63. The Bertz CT molecular complexity index is 787. The van der Waals surface area contributed by atoms with Crippen molar-refractivity contribution in [2.75, 3.05) is 43.9 Å². The number of nitrogens with zero attached hydrogens (tertiary/aromatic N) is 5. The zero-order valence-corrected chi connectivity index (χ0v) is 20.3. The van der Waals surface area contributed by atoms with Gasteiger partial charge in [-0.1, -0.05) is 11.8 Å². The van der Waals surface area contributed by atoms with Crippen LogP contribution in [0.25, 0.3) is 0 Å². The fourth-order valence-electron chi connectivity index (χ4n) is 4.30. The lowest BCUT2D eigenvalue weighted by Crippen LogP contribution is -2.50. The highest BCUT2D eigenvalue weighted by molar-refractivity contribution is 7.98. The van der Waals surface area contributed by atoms with Crippen molar-refractivity contribution >= 4 is 29.8 Å². The number of piperidine rings is 2. The molecule has 3 rings (SSSR count). The second kappa shape index (κ2) is 10.6. The van der Waals surface area contributed by atoms with Crippen molar-refractivity contribution in [3.05, 3.63) is 12.3 Å². The van der Waals surface area contributed by atoms with Crippen molar-refractivity contribution in [2.24, 2.45) is 5.92 Å². The van der Waals surface area contributed by atoms with Gasteiger partial charge in [0.2, 0.25) is 0 Å². The first-order valence-corrected chi connectivity index (χ1v) is 12.5. The molecular formula is C22H35N5O4S. The molecule has 1 aromatic heterocycles. The van der Waals surface area contributed by atoms with Crippen molar-refractivity contribution in [3.8, 4) is 0 Å². The number of rotatable bonds is 5. The Morgan fingerprint density at radius 2 is 1.84 bits per heavy atom. The number of hydrogen-bond donors (Lipinski definition) is 1. The van der Waals surface area contributed by atoms with E-state index in [4.69, 9.17) is 4.74 Å². The quantitative estimate of drug-likeness (QED) is 0.518. The molecule has 1 aromatic rings. The van der Waals surface area contributed by atoms with Gasteiger partial charge < -0.3 is 24.5 Å². The van der Waals surface area contributed by atoms with Crippen LogP contribution in [0.5, 0.6) is 0 Å². The zero-order valence-electron chi connectivity index (χ0n) is 19.5. The number of thioether (sulfide) groups is 1. The van der Waals surface area contributed by atoms with Crippen LogP contribution < -0.4 is 4.90 Å². The molecule has 10 heteroatoms. The molecule has 0 aromatic carbocycles. The van der Waals surface area contributed by atoms with Crippen LogP contribution in [0, 0.1) is 5.92 Å². The Morgan fingerprint density at radius 3 is 2.41 bits per heavy atom. The lowest BCUT2D eigenvalue weighted by molar-refractivity contribution is 0.0159. The molecular weight excluding hydrogens is 430 g/mol. The summed E-state index contributed by atoms with van der Waals surface area (Å²) in [6.45, 7) is 8.87. The number of carbonyl (C=O) groups is 2. The molecule has 0 spiro atoms. The molecule has 178 valence electrons. The van der Waals surface area contributed by atoms with E-state index in [0.717, 1.165) is 49.7 Å². The first-order valence-electron chi connectivity index (χ1n) is 11.3. The summed E-state index contributed by atoms with van der Waals surface area (Å²) in [7, 11) is 0. The Labute approximate surface area is 194 Å². The molecule has 2 fully saturated rings. The fraction of sp³-hybridized carbons (Fsp3) is 0.727. The molecule has 0 atom stereocenters. The third-order valence-corrected chi connectivity index (χ3v) is 6.56. The van der Waals surface area contributed by atoms with E-state index in [0.29, 0.717) is 19.6 Å². The van der Waals surface area contributed by atoms with Gasteiger partial charge in [0.25, 0.3) is 0 Å². The molecule has 2 saturated heterocycles. The number of aromatic nitrogens is 2.